The van der Waals surface area contributed by atoms with Crippen molar-refractivity contribution in [2.45, 2.75) is 0 Å². The highest BCUT2D eigenvalue weighted by molar-refractivity contribution is 8.03. The first kappa shape index (κ1) is 12.2. The van der Waals surface area contributed by atoms with Crippen molar-refractivity contribution in [2.24, 2.45) is 0 Å². The van der Waals surface area contributed by atoms with Crippen LogP contribution in [-0.4, -0.2) is 14.7 Å². The second kappa shape index (κ2) is 5.87. The van der Waals surface area contributed by atoms with Gasteiger partial charge >= 0.3 is 0 Å². The number of thioether (sulfide) groups is 1. The van der Waals surface area contributed by atoms with E-state index in [0.717, 1.165) is 29.1 Å². The van der Waals surface area contributed by atoms with Crippen molar-refractivity contribution in [3.8, 4) is 22.5 Å². The highest BCUT2D eigenvalue weighted by atomic mass is 35.5. The van der Waals surface area contributed by atoms with Gasteiger partial charge in [-0.25, -0.2) is 0 Å². The van der Waals surface area contributed by atoms with E-state index in [-0.39, 0.29) is 5.94 Å². The van der Waals surface area contributed by atoms with E-state index in [4.69, 9.17) is 21.6 Å². The fraction of sp³-hybridized carbons (Fsp3) is 0.100. The Morgan fingerprint density at radius 1 is 1.47 bits per heavy atom. The first-order valence-electron chi connectivity index (χ1n) is 4.53. The Morgan fingerprint density at radius 3 is 3.12 bits per heavy atom. The van der Waals surface area contributed by atoms with Crippen molar-refractivity contribution < 1.29 is 4.74 Å². The van der Waals surface area contributed by atoms with Crippen molar-refractivity contribution in [3.63, 3.8) is 0 Å². The minimum Gasteiger partial charge on any atom is -0.463 e. The summed E-state index contributed by atoms with van der Waals surface area (Å²) < 4.78 is 13.5. The summed E-state index contributed by atoms with van der Waals surface area (Å²) in [4.78, 5) is 0. The van der Waals surface area contributed by atoms with Crippen LogP contribution in [0, 0.1) is 10.7 Å². The van der Waals surface area contributed by atoms with E-state index < -0.39 is 0 Å². The third-order valence-electron chi connectivity index (χ3n) is 1.88. The number of thiocyanates is 1. The van der Waals surface area contributed by atoms with E-state index in [1.165, 1.54) is 0 Å². The number of ether oxygens (including phenoxy) is 1. The zero-order valence-electron chi connectivity index (χ0n) is 8.46. The maximum Gasteiger partial charge on any atom is 0.254 e. The molecule has 7 heteroatoms. The molecular formula is C10H6ClN3OS2. The van der Waals surface area contributed by atoms with Gasteiger partial charge in [-0.15, -0.1) is 4.37 Å². The molecule has 0 saturated heterocycles. The SMILES string of the molecule is N#CSCOc1nsnc1-c1cccc(Cl)c1. The molecule has 2 aromatic rings. The van der Waals surface area contributed by atoms with Gasteiger partial charge in [0.15, 0.2) is 0 Å². The number of halogens is 1. The van der Waals surface area contributed by atoms with Crippen molar-refractivity contribution in [3.05, 3.63) is 29.3 Å². The average Bonchev–Trinajstić information content (AvgIpc) is 2.78. The number of nitrogens with zero attached hydrogens (tertiary/aromatic N) is 3. The summed E-state index contributed by atoms with van der Waals surface area (Å²) in [6.45, 7) is 0. The molecule has 0 spiro atoms. The van der Waals surface area contributed by atoms with Gasteiger partial charge < -0.3 is 4.74 Å². The zero-order chi connectivity index (χ0) is 12.1. The van der Waals surface area contributed by atoms with Crippen LogP contribution in [0.25, 0.3) is 11.3 Å². The fourth-order valence-corrected chi connectivity index (χ4v) is 2.13. The summed E-state index contributed by atoms with van der Waals surface area (Å²) in [6.07, 6.45) is 0. The molecule has 0 bridgehead atoms. The highest BCUT2D eigenvalue weighted by Crippen LogP contribution is 2.29. The molecule has 2 rings (SSSR count). The smallest absolute Gasteiger partial charge is 0.254 e. The first-order chi connectivity index (χ1) is 8.31. The Balaban J connectivity index is 2.22. The van der Waals surface area contributed by atoms with Crippen molar-refractivity contribution in [2.75, 3.05) is 5.94 Å². The van der Waals surface area contributed by atoms with Crippen LogP contribution in [0.1, 0.15) is 0 Å². The van der Waals surface area contributed by atoms with Gasteiger partial charge in [0.2, 0.25) is 0 Å². The van der Waals surface area contributed by atoms with Gasteiger partial charge in [-0.2, -0.15) is 9.64 Å². The van der Waals surface area contributed by atoms with Crippen LogP contribution < -0.4 is 4.74 Å². The van der Waals surface area contributed by atoms with Crippen LogP contribution in [0.2, 0.25) is 5.02 Å². The molecule has 0 atom stereocenters. The molecule has 0 saturated carbocycles. The molecule has 0 N–H and O–H groups in total. The molecule has 17 heavy (non-hydrogen) atoms. The monoisotopic (exact) mass is 283 g/mol. The van der Waals surface area contributed by atoms with Gasteiger partial charge in [-0.3, -0.25) is 0 Å². The highest BCUT2D eigenvalue weighted by Gasteiger charge is 2.12. The predicted molar refractivity (Wildman–Crippen MR) is 69.1 cm³/mol. The van der Waals surface area contributed by atoms with E-state index in [2.05, 4.69) is 8.75 Å². The Morgan fingerprint density at radius 2 is 2.35 bits per heavy atom. The largest absolute Gasteiger partial charge is 0.463 e. The van der Waals surface area contributed by atoms with Crippen LogP contribution in [0.5, 0.6) is 5.88 Å². The van der Waals surface area contributed by atoms with Gasteiger partial charge in [0, 0.05) is 10.6 Å². The van der Waals surface area contributed by atoms with Gasteiger partial charge in [0.25, 0.3) is 5.88 Å². The lowest BCUT2D eigenvalue weighted by atomic mass is 10.2. The van der Waals surface area contributed by atoms with Crippen LogP contribution in [-0.2, 0) is 0 Å². The summed E-state index contributed by atoms with van der Waals surface area (Å²) in [5.41, 5.74) is 1.50. The van der Waals surface area contributed by atoms with Gasteiger partial charge in [0.1, 0.15) is 17.0 Å². The fourth-order valence-electron chi connectivity index (χ4n) is 1.20. The van der Waals surface area contributed by atoms with E-state index in [1.807, 2.05) is 17.5 Å². The van der Waals surface area contributed by atoms with E-state index in [0.29, 0.717) is 16.6 Å². The third-order valence-corrected chi connectivity index (χ3v) is 2.99. The molecule has 1 aromatic carbocycles. The number of aromatic nitrogens is 2. The molecule has 0 aliphatic carbocycles. The maximum absolute atomic E-state index is 8.40. The Kier molecular flexibility index (Phi) is 4.20. The number of benzene rings is 1. The molecule has 1 aromatic heterocycles. The lowest BCUT2D eigenvalue weighted by Gasteiger charge is -2.02. The summed E-state index contributed by atoms with van der Waals surface area (Å²) in [5, 5.41) is 11.0. The molecule has 0 radical (unpaired) electrons. The first-order valence-corrected chi connectivity index (χ1v) is 6.63. The van der Waals surface area contributed by atoms with Crippen molar-refractivity contribution in [1.29, 1.82) is 5.26 Å². The summed E-state index contributed by atoms with van der Waals surface area (Å²) >= 11 is 7.98. The van der Waals surface area contributed by atoms with Crippen LogP contribution in [0.3, 0.4) is 0 Å². The number of rotatable bonds is 4. The van der Waals surface area contributed by atoms with Crippen molar-refractivity contribution in [1.82, 2.24) is 8.75 Å². The normalized spacial score (nSPS) is 9.88. The minimum absolute atomic E-state index is 0.232. The maximum atomic E-state index is 8.40. The molecule has 1 heterocycles. The Hall–Kier alpha value is -1.29. The summed E-state index contributed by atoms with van der Waals surface area (Å²) in [7, 11) is 0. The molecule has 4 nitrogen and oxygen atoms in total. The standard InChI is InChI=1S/C10H6ClN3OS2/c11-8-3-1-2-7(4-8)9-10(14-17-13-9)15-6-16-5-12/h1-4H,6H2. The number of hydrogen-bond donors (Lipinski definition) is 0. The molecule has 86 valence electrons. The van der Waals surface area contributed by atoms with Crippen molar-refractivity contribution >= 4 is 35.1 Å². The molecule has 0 fully saturated rings. The zero-order valence-corrected chi connectivity index (χ0v) is 10.8. The molecule has 0 unspecified atom stereocenters. The summed E-state index contributed by atoms with van der Waals surface area (Å²) in [5.74, 6) is 0.662. The van der Waals surface area contributed by atoms with Crippen LogP contribution in [0.4, 0.5) is 0 Å². The minimum atomic E-state index is 0.232. The molecule has 0 aliphatic rings. The second-order valence-corrected chi connectivity index (χ2v) is 4.60. The lowest BCUT2D eigenvalue weighted by Crippen LogP contribution is -1.93. The van der Waals surface area contributed by atoms with Crippen LogP contribution in [0.15, 0.2) is 24.3 Å². The van der Waals surface area contributed by atoms with Crippen LogP contribution >= 0.6 is 35.1 Å². The number of nitriles is 1. The molecular weight excluding hydrogens is 278 g/mol. The van der Waals surface area contributed by atoms with E-state index in [9.17, 15) is 0 Å². The van der Waals surface area contributed by atoms with Gasteiger partial charge in [-0.05, 0) is 23.9 Å². The van der Waals surface area contributed by atoms with Gasteiger partial charge in [-0.1, -0.05) is 23.7 Å². The lowest BCUT2D eigenvalue weighted by molar-refractivity contribution is 0.383. The molecule has 0 aliphatic heterocycles. The van der Waals surface area contributed by atoms with E-state index in [1.54, 1.807) is 12.1 Å². The van der Waals surface area contributed by atoms with E-state index >= 15 is 0 Å². The average molecular weight is 284 g/mol. The quantitative estimate of drug-likeness (QED) is 0.489. The Bertz CT molecular complexity index is 552. The summed E-state index contributed by atoms with van der Waals surface area (Å²) in [6, 6.07) is 7.30. The third kappa shape index (κ3) is 3.09. The van der Waals surface area contributed by atoms with Gasteiger partial charge in [0.05, 0.1) is 11.7 Å². The molecule has 0 amide bonds. The second-order valence-electron chi connectivity index (χ2n) is 2.93. The number of hydrogen-bond acceptors (Lipinski definition) is 6. The Labute approximate surface area is 112 Å². The predicted octanol–water partition coefficient (Wildman–Crippen LogP) is 3.41. The topological polar surface area (TPSA) is 58.8 Å².